The summed E-state index contributed by atoms with van der Waals surface area (Å²) in [5.41, 5.74) is -0.345. The van der Waals surface area contributed by atoms with Gasteiger partial charge in [0.25, 0.3) is 5.56 Å². The molecule has 2 aromatic rings. The number of carbonyl (C=O) groups is 1. The van der Waals surface area contributed by atoms with Gasteiger partial charge in [-0.15, -0.1) is 0 Å². The molecule has 1 aliphatic rings. The van der Waals surface area contributed by atoms with Crippen LogP contribution in [0.2, 0.25) is 0 Å². The standard InChI is InChI=1S/C14H18N6O3/c1-8-10(13(22)18-14(23)17-8)5-11(21)20-4-2-3-9(6-20)12-15-7-16-19-12/h7,9H,2-6H2,1H3,(H,15,16,19)(H2,17,18,22,23). The number of aromatic nitrogens is 5. The van der Waals surface area contributed by atoms with E-state index in [-0.39, 0.29) is 18.2 Å². The maximum absolute atomic E-state index is 12.5. The van der Waals surface area contributed by atoms with Crippen molar-refractivity contribution in [2.24, 2.45) is 0 Å². The van der Waals surface area contributed by atoms with Crippen molar-refractivity contribution in [3.8, 4) is 0 Å². The van der Waals surface area contributed by atoms with Crippen molar-refractivity contribution in [1.82, 2.24) is 30.0 Å². The Kier molecular flexibility index (Phi) is 4.09. The van der Waals surface area contributed by atoms with Crippen LogP contribution < -0.4 is 11.2 Å². The summed E-state index contributed by atoms with van der Waals surface area (Å²) in [6.07, 6.45) is 3.25. The summed E-state index contributed by atoms with van der Waals surface area (Å²) in [5.74, 6) is 0.778. The van der Waals surface area contributed by atoms with Crippen molar-refractivity contribution in [1.29, 1.82) is 0 Å². The highest BCUT2D eigenvalue weighted by atomic mass is 16.2. The fourth-order valence-electron chi connectivity index (χ4n) is 2.94. The summed E-state index contributed by atoms with van der Waals surface area (Å²) >= 11 is 0. The summed E-state index contributed by atoms with van der Waals surface area (Å²) < 4.78 is 0. The van der Waals surface area contributed by atoms with E-state index in [0.29, 0.717) is 24.3 Å². The van der Waals surface area contributed by atoms with E-state index in [0.717, 1.165) is 18.7 Å². The van der Waals surface area contributed by atoms with Gasteiger partial charge in [-0.05, 0) is 19.8 Å². The fraction of sp³-hybridized carbons (Fsp3) is 0.500. The lowest BCUT2D eigenvalue weighted by Crippen LogP contribution is -2.41. The normalized spacial score (nSPS) is 18.1. The van der Waals surface area contributed by atoms with Crippen LogP contribution in [0.25, 0.3) is 0 Å². The summed E-state index contributed by atoms with van der Waals surface area (Å²) in [6.45, 7) is 2.82. The number of rotatable bonds is 3. The van der Waals surface area contributed by atoms with Gasteiger partial charge in [-0.1, -0.05) is 0 Å². The van der Waals surface area contributed by atoms with E-state index >= 15 is 0 Å². The molecular formula is C14H18N6O3. The molecule has 122 valence electrons. The number of aromatic amines is 3. The Morgan fingerprint density at radius 3 is 2.91 bits per heavy atom. The number of aryl methyl sites for hydroxylation is 1. The molecule has 9 heteroatoms. The van der Waals surface area contributed by atoms with Crippen LogP contribution in [0.3, 0.4) is 0 Å². The van der Waals surface area contributed by atoms with Gasteiger partial charge in [0.05, 0.1) is 6.42 Å². The van der Waals surface area contributed by atoms with E-state index in [2.05, 4.69) is 25.1 Å². The van der Waals surface area contributed by atoms with E-state index in [9.17, 15) is 14.4 Å². The third-order valence-corrected chi connectivity index (χ3v) is 4.18. The lowest BCUT2D eigenvalue weighted by atomic mass is 9.97. The van der Waals surface area contributed by atoms with Crippen LogP contribution in [0, 0.1) is 6.92 Å². The van der Waals surface area contributed by atoms with Crippen LogP contribution in [0.1, 0.15) is 35.8 Å². The quantitative estimate of drug-likeness (QED) is 0.699. The average molecular weight is 318 g/mol. The molecule has 23 heavy (non-hydrogen) atoms. The van der Waals surface area contributed by atoms with E-state index in [4.69, 9.17) is 0 Å². The van der Waals surface area contributed by atoms with Gasteiger partial charge in [-0.25, -0.2) is 9.78 Å². The van der Waals surface area contributed by atoms with Crippen molar-refractivity contribution in [2.45, 2.75) is 32.1 Å². The van der Waals surface area contributed by atoms with Gasteiger partial charge in [-0.2, -0.15) is 5.10 Å². The molecule has 1 amide bonds. The molecule has 2 aromatic heterocycles. The Bertz CT molecular complexity index is 807. The first-order valence-electron chi connectivity index (χ1n) is 7.49. The molecule has 1 atom stereocenters. The number of amides is 1. The Morgan fingerprint density at radius 2 is 2.22 bits per heavy atom. The number of carbonyl (C=O) groups excluding carboxylic acids is 1. The van der Waals surface area contributed by atoms with Crippen molar-refractivity contribution in [3.05, 3.63) is 44.2 Å². The summed E-state index contributed by atoms with van der Waals surface area (Å²) in [4.78, 5) is 46.1. The third-order valence-electron chi connectivity index (χ3n) is 4.18. The molecule has 3 rings (SSSR count). The predicted molar refractivity (Wildman–Crippen MR) is 81.1 cm³/mol. The van der Waals surface area contributed by atoms with Crippen molar-refractivity contribution in [3.63, 3.8) is 0 Å². The third kappa shape index (κ3) is 3.22. The molecule has 3 N–H and O–H groups in total. The number of likely N-dealkylation sites (tertiary alicyclic amines) is 1. The Labute approximate surface area is 131 Å². The number of nitrogens with zero attached hydrogens (tertiary/aromatic N) is 3. The molecule has 0 aromatic carbocycles. The second-order valence-electron chi connectivity index (χ2n) is 5.74. The molecule has 0 saturated carbocycles. The van der Waals surface area contributed by atoms with Crippen molar-refractivity contribution >= 4 is 5.91 Å². The van der Waals surface area contributed by atoms with Crippen LogP contribution in [0.5, 0.6) is 0 Å². The lowest BCUT2D eigenvalue weighted by molar-refractivity contribution is -0.131. The van der Waals surface area contributed by atoms with Gasteiger partial charge < -0.3 is 9.88 Å². The monoisotopic (exact) mass is 318 g/mol. The van der Waals surface area contributed by atoms with Gasteiger partial charge in [0.15, 0.2) is 0 Å². The number of hydrogen-bond donors (Lipinski definition) is 3. The van der Waals surface area contributed by atoms with Crippen molar-refractivity contribution < 1.29 is 4.79 Å². The molecule has 0 aliphatic carbocycles. The molecule has 3 heterocycles. The highest BCUT2D eigenvalue weighted by Crippen LogP contribution is 2.24. The van der Waals surface area contributed by atoms with Crippen LogP contribution in [0.15, 0.2) is 15.9 Å². The smallest absolute Gasteiger partial charge is 0.325 e. The lowest BCUT2D eigenvalue weighted by Gasteiger charge is -2.31. The second kappa shape index (κ2) is 6.19. The van der Waals surface area contributed by atoms with E-state index in [1.807, 2.05) is 0 Å². The summed E-state index contributed by atoms with van der Waals surface area (Å²) in [7, 11) is 0. The molecule has 0 radical (unpaired) electrons. The molecule has 1 aliphatic heterocycles. The molecule has 0 spiro atoms. The fourth-order valence-corrected chi connectivity index (χ4v) is 2.94. The first-order chi connectivity index (χ1) is 11.0. The zero-order valence-electron chi connectivity index (χ0n) is 12.8. The second-order valence-corrected chi connectivity index (χ2v) is 5.74. The predicted octanol–water partition coefficient (Wildman–Crippen LogP) is -0.562. The van der Waals surface area contributed by atoms with Crippen LogP contribution >= 0.6 is 0 Å². The minimum absolute atomic E-state index is 0.0267. The first-order valence-corrected chi connectivity index (χ1v) is 7.49. The summed E-state index contributed by atoms with van der Waals surface area (Å²) in [5, 5.41) is 6.69. The molecule has 1 unspecified atom stereocenters. The maximum atomic E-state index is 12.5. The van der Waals surface area contributed by atoms with Crippen LogP contribution in [0.4, 0.5) is 0 Å². The number of H-pyrrole nitrogens is 3. The molecule has 9 nitrogen and oxygen atoms in total. The zero-order valence-corrected chi connectivity index (χ0v) is 12.8. The molecule has 0 bridgehead atoms. The number of nitrogens with one attached hydrogen (secondary N) is 3. The minimum atomic E-state index is -0.563. The van der Waals surface area contributed by atoms with Crippen LogP contribution in [-0.2, 0) is 11.2 Å². The molecular weight excluding hydrogens is 300 g/mol. The topological polar surface area (TPSA) is 128 Å². The van der Waals surface area contributed by atoms with Crippen molar-refractivity contribution in [2.75, 3.05) is 13.1 Å². The van der Waals surface area contributed by atoms with Gasteiger partial charge in [0.1, 0.15) is 12.2 Å². The molecule has 1 fully saturated rings. The van der Waals surface area contributed by atoms with Crippen LogP contribution in [-0.4, -0.2) is 49.0 Å². The van der Waals surface area contributed by atoms with Gasteiger partial charge in [0.2, 0.25) is 5.91 Å². The van der Waals surface area contributed by atoms with Gasteiger partial charge >= 0.3 is 5.69 Å². The van der Waals surface area contributed by atoms with Gasteiger partial charge in [-0.3, -0.25) is 19.7 Å². The number of hydrogen-bond acceptors (Lipinski definition) is 5. The Morgan fingerprint density at radius 1 is 1.39 bits per heavy atom. The SMILES string of the molecule is Cc1[nH]c(=O)[nH]c(=O)c1CC(=O)N1CCCC(c2ncn[nH]2)C1. The minimum Gasteiger partial charge on any atom is -0.342 e. The Balaban J connectivity index is 1.73. The average Bonchev–Trinajstić information content (AvgIpc) is 3.05. The highest BCUT2D eigenvalue weighted by molar-refractivity contribution is 5.79. The number of piperidine rings is 1. The summed E-state index contributed by atoms with van der Waals surface area (Å²) in [6, 6.07) is 0. The molecule has 1 saturated heterocycles. The van der Waals surface area contributed by atoms with E-state index in [1.165, 1.54) is 6.33 Å². The largest absolute Gasteiger partial charge is 0.342 e. The Hall–Kier alpha value is -2.71. The zero-order chi connectivity index (χ0) is 16.4. The highest BCUT2D eigenvalue weighted by Gasteiger charge is 2.27. The van der Waals surface area contributed by atoms with E-state index in [1.54, 1.807) is 11.8 Å². The maximum Gasteiger partial charge on any atom is 0.325 e. The van der Waals surface area contributed by atoms with Gasteiger partial charge in [0, 0.05) is 30.3 Å². The first kappa shape index (κ1) is 15.2. The van der Waals surface area contributed by atoms with E-state index < -0.39 is 11.2 Å².